The lowest BCUT2D eigenvalue weighted by atomic mass is 9.90. The number of carbonyl (C=O) groups excluding carboxylic acids is 1. The van der Waals surface area contributed by atoms with Crippen molar-refractivity contribution in [1.82, 2.24) is 5.32 Å². The first kappa shape index (κ1) is 9.77. The lowest BCUT2D eigenvalue weighted by Crippen LogP contribution is -2.20. The second-order valence-electron chi connectivity index (χ2n) is 3.66. The summed E-state index contributed by atoms with van der Waals surface area (Å²) in [6.45, 7) is 0.939. The summed E-state index contributed by atoms with van der Waals surface area (Å²) < 4.78 is 0. The SMILES string of the molecule is NC(=O)c1ccccc1C1C=CNCC1. The zero-order valence-electron chi connectivity index (χ0n) is 8.44. The van der Waals surface area contributed by atoms with Crippen LogP contribution in [0.5, 0.6) is 0 Å². The molecule has 3 nitrogen and oxygen atoms in total. The van der Waals surface area contributed by atoms with Gasteiger partial charge in [0.2, 0.25) is 5.91 Å². The van der Waals surface area contributed by atoms with Crippen molar-refractivity contribution in [3.8, 4) is 0 Å². The number of carbonyl (C=O) groups is 1. The maximum absolute atomic E-state index is 11.2. The molecule has 1 aliphatic heterocycles. The first-order valence-electron chi connectivity index (χ1n) is 5.08. The van der Waals surface area contributed by atoms with Crippen LogP contribution in [0.3, 0.4) is 0 Å². The van der Waals surface area contributed by atoms with Crippen molar-refractivity contribution in [1.29, 1.82) is 0 Å². The molecule has 0 saturated heterocycles. The van der Waals surface area contributed by atoms with E-state index < -0.39 is 0 Å². The van der Waals surface area contributed by atoms with Gasteiger partial charge in [-0.15, -0.1) is 0 Å². The van der Waals surface area contributed by atoms with E-state index in [1.807, 2.05) is 24.4 Å². The highest BCUT2D eigenvalue weighted by Gasteiger charge is 2.16. The summed E-state index contributed by atoms with van der Waals surface area (Å²) in [5.74, 6) is -0.0486. The molecule has 0 bridgehead atoms. The fourth-order valence-corrected chi connectivity index (χ4v) is 1.91. The van der Waals surface area contributed by atoms with Gasteiger partial charge in [0.15, 0.2) is 0 Å². The van der Waals surface area contributed by atoms with Crippen molar-refractivity contribution >= 4 is 5.91 Å². The van der Waals surface area contributed by atoms with Gasteiger partial charge in [0.25, 0.3) is 0 Å². The number of nitrogens with two attached hydrogens (primary N) is 1. The van der Waals surface area contributed by atoms with Gasteiger partial charge in [-0.2, -0.15) is 0 Å². The number of nitrogens with one attached hydrogen (secondary N) is 1. The molecular weight excluding hydrogens is 188 g/mol. The van der Waals surface area contributed by atoms with E-state index in [0.29, 0.717) is 11.5 Å². The molecule has 15 heavy (non-hydrogen) atoms. The van der Waals surface area contributed by atoms with Gasteiger partial charge < -0.3 is 11.1 Å². The van der Waals surface area contributed by atoms with Crippen molar-refractivity contribution in [2.75, 3.05) is 6.54 Å². The topological polar surface area (TPSA) is 55.1 Å². The Bertz CT molecular complexity index is 398. The van der Waals surface area contributed by atoms with Crippen LogP contribution in [-0.4, -0.2) is 12.5 Å². The molecule has 3 heteroatoms. The van der Waals surface area contributed by atoms with Crippen molar-refractivity contribution in [3.05, 3.63) is 47.7 Å². The van der Waals surface area contributed by atoms with Crippen molar-refractivity contribution in [2.24, 2.45) is 5.73 Å². The minimum atomic E-state index is -0.350. The fourth-order valence-electron chi connectivity index (χ4n) is 1.91. The second kappa shape index (κ2) is 4.17. The van der Waals surface area contributed by atoms with Crippen LogP contribution in [0, 0.1) is 0 Å². The molecule has 1 aromatic carbocycles. The third-order valence-corrected chi connectivity index (χ3v) is 2.67. The predicted molar refractivity (Wildman–Crippen MR) is 59.5 cm³/mol. The predicted octanol–water partition coefficient (Wildman–Crippen LogP) is 1.38. The summed E-state index contributed by atoms with van der Waals surface area (Å²) in [4.78, 5) is 11.2. The van der Waals surface area contributed by atoms with Crippen LogP contribution >= 0.6 is 0 Å². The third kappa shape index (κ3) is 2.01. The van der Waals surface area contributed by atoms with E-state index in [1.54, 1.807) is 6.07 Å². The van der Waals surface area contributed by atoms with E-state index in [1.165, 1.54) is 0 Å². The molecule has 1 aliphatic rings. The first-order chi connectivity index (χ1) is 7.29. The van der Waals surface area contributed by atoms with Crippen molar-refractivity contribution in [3.63, 3.8) is 0 Å². The molecule has 1 atom stereocenters. The lowest BCUT2D eigenvalue weighted by Gasteiger charge is -2.19. The van der Waals surface area contributed by atoms with E-state index in [-0.39, 0.29) is 5.91 Å². The quantitative estimate of drug-likeness (QED) is 0.761. The Kier molecular flexibility index (Phi) is 2.72. The minimum absolute atomic E-state index is 0.301. The van der Waals surface area contributed by atoms with Gasteiger partial charge in [0, 0.05) is 18.0 Å². The molecule has 1 amide bonds. The Morgan fingerprint density at radius 3 is 2.87 bits per heavy atom. The second-order valence-corrected chi connectivity index (χ2v) is 3.66. The number of amides is 1. The van der Waals surface area contributed by atoms with E-state index in [0.717, 1.165) is 18.5 Å². The van der Waals surface area contributed by atoms with Gasteiger partial charge in [0.1, 0.15) is 0 Å². The molecule has 0 saturated carbocycles. The first-order valence-corrected chi connectivity index (χ1v) is 5.08. The van der Waals surface area contributed by atoms with Crippen LogP contribution in [-0.2, 0) is 0 Å². The van der Waals surface area contributed by atoms with Gasteiger partial charge >= 0.3 is 0 Å². The van der Waals surface area contributed by atoms with Crippen LogP contribution < -0.4 is 11.1 Å². The molecule has 0 aromatic heterocycles. The molecule has 3 N–H and O–H groups in total. The molecule has 78 valence electrons. The maximum Gasteiger partial charge on any atom is 0.248 e. The van der Waals surface area contributed by atoms with Crippen LogP contribution in [0.15, 0.2) is 36.5 Å². The normalized spacial score (nSPS) is 19.6. The van der Waals surface area contributed by atoms with Crippen LogP contribution in [0.25, 0.3) is 0 Å². The van der Waals surface area contributed by atoms with Gasteiger partial charge in [-0.3, -0.25) is 4.79 Å². The minimum Gasteiger partial charge on any atom is -0.391 e. The van der Waals surface area contributed by atoms with E-state index in [4.69, 9.17) is 5.73 Å². The van der Waals surface area contributed by atoms with Crippen LogP contribution in [0.1, 0.15) is 28.3 Å². The summed E-state index contributed by atoms with van der Waals surface area (Å²) in [5.41, 5.74) is 7.01. The average Bonchev–Trinajstić information content (AvgIpc) is 2.30. The maximum atomic E-state index is 11.2. The smallest absolute Gasteiger partial charge is 0.248 e. The summed E-state index contributed by atoms with van der Waals surface area (Å²) in [7, 11) is 0. The number of benzene rings is 1. The molecule has 1 unspecified atom stereocenters. The largest absolute Gasteiger partial charge is 0.391 e. The van der Waals surface area contributed by atoms with Crippen molar-refractivity contribution in [2.45, 2.75) is 12.3 Å². The number of hydrogen-bond donors (Lipinski definition) is 2. The molecule has 0 fully saturated rings. The Balaban J connectivity index is 2.37. The Labute approximate surface area is 89.0 Å². The van der Waals surface area contributed by atoms with Crippen molar-refractivity contribution < 1.29 is 4.79 Å². The summed E-state index contributed by atoms with van der Waals surface area (Å²) in [6, 6.07) is 7.54. The van der Waals surface area contributed by atoms with Gasteiger partial charge in [-0.05, 0) is 24.3 Å². The van der Waals surface area contributed by atoms with Gasteiger partial charge in [-0.1, -0.05) is 24.3 Å². The summed E-state index contributed by atoms with van der Waals surface area (Å²) >= 11 is 0. The number of hydrogen-bond acceptors (Lipinski definition) is 2. The van der Waals surface area contributed by atoms with E-state index >= 15 is 0 Å². The zero-order chi connectivity index (χ0) is 10.7. The van der Waals surface area contributed by atoms with Gasteiger partial charge in [0.05, 0.1) is 0 Å². The average molecular weight is 202 g/mol. The lowest BCUT2D eigenvalue weighted by molar-refractivity contribution is 0.0999. The van der Waals surface area contributed by atoms with E-state index in [9.17, 15) is 4.79 Å². The number of primary amides is 1. The van der Waals surface area contributed by atoms with Gasteiger partial charge in [-0.25, -0.2) is 0 Å². The molecule has 0 spiro atoms. The Morgan fingerprint density at radius 2 is 2.20 bits per heavy atom. The molecule has 0 aliphatic carbocycles. The molecule has 2 rings (SSSR count). The zero-order valence-corrected chi connectivity index (χ0v) is 8.44. The van der Waals surface area contributed by atoms with E-state index in [2.05, 4.69) is 11.4 Å². The third-order valence-electron chi connectivity index (χ3n) is 2.67. The number of rotatable bonds is 2. The molecule has 1 heterocycles. The monoisotopic (exact) mass is 202 g/mol. The highest BCUT2D eigenvalue weighted by Crippen LogP contribution is 2.25. The summed E-state index contributed by atoms with van der Waals surface area (Å²) in [5, 5.41) is 3.14. The fraction of sp³-hybridized carbons (Fsp3) is 0.250. The molecular formula is C12H14N2O. The Morgan fingerprint density at radius 1 is 1.40 bits per heavy atom. The number of allylic oxidation sites excluding steroid dienone is 1. The molecule has 1 aromatic rings. The standard InChI is InChI=1S/C12H14N2O/c13-12(15)11-4-2-1-3-10(11)9-5-7-14-8-6-9/h1-5,7,9,14H,6,8H2,(H2,13,15). The molecule has 0 radical (unpaired) electrons. The highest BCUT2D eigenvalue weighted by atomic mass is 16.1. The van der Waals surface area contributed by atoms with Crippen LogP contribution in [0.4, 0.5) is 0 Å². The summed E-state index contributed by atoms with van der Waals surface area (Å²) in [6.07, 6.45) is 5.01. The Hall–Kier alpha value is -1.77. The highest BCUT2D eigenvalue weighted by molar-refractivity contribution is 5.94. The van der Waals surface area contributed by atoms with Crippen LogP contribution in [0.2, 0.25) is 0 Å².